The number of nitrogens with one attached hydrogen (secondary N) is 1. The molecular weight excluding hydrogens is 344 g/mol. The molecule has 2 aromatic rings. The van der Waals surface area contributed by atoms with E-state index in [4.69, 9.17) is 19.2 Å². The van der Waals surface area contributed by atoms with Crippen LogP contribution in [0.4, 0.5) is 17.5 Å². The molecule has 0 radical (unpaired) electrons. The van der Waals surface area contributed by atoms with Crippen molar-refractivity contribution >= 4 is 17.5 Å². The number of ether oxygens (including phenoxy) is 3. The molecule has 2 saturated heterocycles. The normalized spacial score (nSPS) is 18.7. The van der Waals surface area contributed by atoms with Crippen molar-refractivity contribution < 1.29 is 14.2 Å². The van der Waals surface area contributed by atoms with Crippen LogP contribution in [0.15, 0.2) is 30.3 Å². The maximum Gasteiger partial charge on any atom is 0.229 e. The van der Waals surface area contributed by atoms with Crippen LogP contribution in [0.1, 0.15) is 25.5 Å². The Bertz CT molecular complexity index is 783. The Balaban J connectivity index is 1.51. The molecule has 2 aliphatic rings. The monoisotopic (exact) mass is 370 g/mol. The minimum Gasteiger partial charge on any atom is -0.492 e. The summed E-state index contributed by atoms with van der Waals surface area (Å²) in [7, 11) is 0. The summed E-state index contributed by atoms with van der Waals surface area (Å²) in [6.45, 7) is 7.66. The molecule has 0 aliphatic carbocycles. The molecule has 4 rings (SSSR count). The van der Waals surface area contributed by atoms with Gasteiger partial charge in [0, 0.05) is 37.7 Å². The van der Waals surface area contributed by atoms with Gasteiger partial charge in [-0.15, -0.1) is 0 Å². The number of hydrogen-bond acceptors (Lipinski definition) is 7. The zero-order valence-electron chi connectivity index (χ0n) is 15.9. The lowest BCUT2D eigenvalue weighted by Gasteiger charge is -2.38. The summed E-state index contributed by atoms with van der Waals surface area (Å²) in [6.07, 6.45) is 1.71. The highest BCUT2D eigenvalue weighted by Gasteiger charge is 2.40. The number of piperidine rings is 1. The van der Waals surface area contributed by atoms with Crippen LogP contribution in [0, 0.1) is 6.92 Å². The molecule has 2 fully saturated rings. The van der Waals surface area contributed by atoms with E-state index in [2.05, 4.69) is 15.2 Å². The van der Waals surface area contributed by atoms with E-state index in [0.717, 1.165) is 48.9 Å². The van der Waals surface area contributed by atoms with E-state index < -0.39 is 0 Å². The molecule has 1 aromatic heterocycles. The van der Waals surface area contributed by atoms with Crippen LogP contribution < -0.4 is 15.0 Å². The Morgan fingerprint density at radius 3 is 2.63 bits per heavy atom. The largest absolute Gasteiger partial charge is 0.492 e. The first-order valence-corrected chi connectivity index (χ1v) is 9.55. The molecule has 0 atom stereocenters. The number of benzene rings is 1. The minimum atomic E-state index is -0.379. The molecule has 0 unspecified atom stereocenters. The van der Waals surface area contributed by atoms with Crippen LogP contribution in [-0.2, 0) is 9.47 Å². The lowest BCUT2D eigenvalue weighted by atomic mass is 10.0. The number of anilines is 3. The van der Waals surface area contributed by atoms with Crippen LogP contribution in [0.2, 0.25) is 0 Å². The van der Waals surface area contributed by atoms with Crippen LogP contribution in [0.3, 0.4) is 0 Å². The van der Waals surface area contributed by atoms with Crippen molar-refractivity contribution in [1.82, 2.24) is 9.97 Å². The van der Waals surface area contributed by atoms with E-state index in [1.165, 1.54) is 0 Å². The fraction of sp³-hybridized carbons (Fsp3) is 0.500. The Morgan fingerprint density at radius 2 is 1.89 bits per heavy atom. The molecule has 3 heterocycles. The molecule has 0 bridgehead atoms. The number of nitrogens with zero attached hydrogens (tertiary/aromatic N) is 3. The van der Waals surface area contributed by atoms with Crippen LogP contribution in [0.25, 0.3) is 0 Å². The van der Waals surface area contributed by atoms with Gasteiger partial charge in [0.2, 0.25) is 5.95 Å². The summed E-state index contributed by atoms with van der Waals surface area (Å²) in [4.78, 5) is 11.5. The van der Waals surface area contributed by atoms with Gasteiger partial charge in [-0.05, 0) is 26.0 Å². The van der Waals surface area contributed by atoms with Crippen molar-refractivity contribution in [3.8, 4) is 5.75 Å². The lowest BCUT2D eigenvalue weighted by Crippen LogP contribution is -2.45. The summed E-state index contributed by atoms with van der Waals surface area (Å²) in [5, 5.41) is 3.30. The minimum absolute atomic E-state index is 0.379. The number of aromatic nitrogens is 2. The Labute approximate surface area is 159 Å². The molecule has 1 spiro atoms. The van der Waals surface area contributed by atoms with E-state index in [9.17, 15) is 0 Å². The smallest absolute Gasteiger partial charge is 0.229 e. The van der Waals surface area contributed by atoms with Gasteiger partial charge in [0.1, 0.15) is 11.6 Å². The molecule has 0 amide bonds. The standard InChI is InChI=1S/C20H26N4O3/c1-3-25-17-7-5-4-6-16(17)22-19-21-15(2)14-18(23-19)24-10-8-20(9-11-24)26-12-13-27-20/h4-7,14H,3,8-13H2,1-2H3,(H,21,22,23). The third-order valence-electron chi connectivity index (χ3n) is 4.94. The molecular formula is C20H26N4O3. The average Bonchev–Trinajstić information content (AvgIpc) is 3.12. The van der Waals surface area contributed by atoms with Gasteiger partial charge in [0.15, 0.2) is 5.79 Å². The van der Waals surface area contributed by atoms with Gasteiger partial charge in [0.05, 0.1) is 25.5 Å². The van der Waals surface area contributed by atoms with Crippen molar-refractivity contribution in [3.05, 3.63) is 36.0 Å². The Morgan fingerprint density at radius 1 is 1.15 bits per heavy atom. The number of rotatable bonds is 5. The van der Waals surface area contributed by atoms with Crippen LogP contribution in [-0.4, -0.2) is 48.7 Å². The highest BCUT2D eigenvalue weighted by atomic mass is 16.7. The quantitative estimate of drug-likeness (QED) is 0.866. The summed E-state index contributed by atoms with van der Waals surface area (Å²) in [5.41, 5.74) is 1.78. The van der Waals surface area contributed by atoms with Crippen molar-refractivity contribution in [3.63, 3.8) is 0 Å². The van der Waals surface area contributed by atoms with Gasteiger partial charge in [0.25, 0.3) is 0 Å². The number of hydrogen-bond donors (Lipinski definition) is 1. The molecule has 1 N–H and O–H groups in total. The molecule has 7 heteroatoms. The summed E-state index contributed by atoms with van der Waals surface area (Å²) in [5.74, 6) is 1.91. The zero-order chi connectivity index (χ0) is 18.7. The average molecular weight is 370 g/mol. The van der Waals surface area contributed by atoms with E-state index in [0.29, 0.717) is 25.8 Å². The lowest BCUT2D eigenvalue weighted by molar-refractivity contribution is -0.169. The highest BCUT2D eigenvalue weighted by molar-refractivity contribution is 5.63. The fourth-order valence-electron chi connectivity index (χ4n) is 3.60. The third-order valence-corrected chi connectivity index (χ3v) is 4.94. The predicted octanol–water partition coefficient (Wildman–Crippen LogP) is 3.27. The van der Waals surface area contributed by atoms with Gasteiger partial charge in [-0.1, -0.05) is 12.1 Å². The maximum absolute atomic E-state index is 5.82. The second kappa shape index (κ2) is 7.70. The SMILES string of the molecule is CCOc1ccccc1Nc1nc(C)cc(N2CCC3(CC2)OCCO3)n1. The third kappa shape index (κ3) is 3.99. The molecule has 2 aliphatic heterocycles. The first-order chi connectivity index (χ1) is 13.2. The van der Waals surface area contributed by atoms with Crippen molar-refractivity contribution in [2.45, 2.75) is 32.5 Å². The van der Waals surface area contributed by atoms with Gasteiger partial charge >= 0.3 is 0 Å². The molecule has 7 nitrogen and oxygen atoms in total. The Hall–Kier alpha value is -2.38. The first kappa shape index (κ1) is 18.0. The van der Waals surface area contributed by atoms with E-state index >= 15 is 0 Å². The first-order valence-electron chi connectivity index (χ1n) is 9.55. The molecule has 144 valence electrons. The van der Waals surface area contributed by atoms with Crippen LogP contribution in [0.5, 0.6) is 5.75 Å². The van der Waals surface area contributed by atoms with Gasteiger partial charge in [-0.2, -0.15) is 4.98 Å². The topological polar surface area (TPSA) is 68.7 Å². The van der Waals surface area contributed by atoms with Crippen molar-refractivity contribution in [1.29, 1.82) is 0 Å². The Kier molecular flexibility index (Phi) is 5.13. The van der Waals surface area contributed by atoms with Gasteiger partial charge in [-0.25, -0.2) is 4.98 Å². The van der Waals surface area contributed by atoms with E-state index in [1.54, 1.807) is 0 Å². The van der Waals surface area contributed by atoms with E-state index in [1.807, 2.05) is 44.2 Å². The second-order valence-electron chi connectivity index (χ2n) is 6.84. The highest BCUT2D eigenvalue weighted by Crippen LogP contribution is 2.33. The van der Waals surface area contributed by atoms with Crippen LogP contribution >= 0.6 is 0 Å². The summed E-state index contributed by atoms with van der Waals surface area (Å²) in [6, 6.07) is 9.85. The fourth-order valence-corrected chi connectivity index (χ4v) is 3.60. The van der Waals surface area contributed by atoms with Gasteiger partial charge in [-0.3, -0.25) is 0 Å². The molecule has 0 saturated carbocycles. The molecule has 27 heavy (non-hydrogen) atoms. The van der Waals surface area contributed by atoms with Crippen molar-refractivity contribution in [2.24, 2.45) is 0 Å². The number of para-hydroxylation sites is 2. The maximum atomic E-state index is 5.82. The zero-order valence-corrected chi connectivity index (χ0v) is 15.9. The predicted molar refractivity (Wildman–Crippen MR) is 104 cm³/mol. The molecule has 1 aromatic carbocycles. The number of aryl methyl sites for hydroxylation is 1. The van der Waals surface area contributed by atoms with Crippen molar-refractivity contribution in [2.75, 3.05) is 43.1 Å². The summed E-state index contributed by atoms with van der Waals surface area (Å²) >= 11 is 0. The second-order valence-corrected chi connectivity index (χ2v) is 6.84. The van der Waals surface area contributed by atoms with Gasteiger partial charge < -0.3 is 24.4 Å². The van der Waals surface area contributed by atoms with E-state index in [-0.39, 0.29) is 5.79 Å². The summed E-state index contributed by atoms with van der Waals surface area (Å²) < 4.78 is 17.3.